The van der Waals surface area contributed by atoms with Gasteiger partial charge >= 0.3 is 5.97 Å². The lowest BCUT2D eigenvalue weighted by atomic mass is 9.83. The van der Waals surface area contributed by atoms with Gasteiger partial charge in [0, 0.05) is 12.8 Å². The monoisotopic (exact) mass is 301 g/mol. The van der Waals surface area contributed by atoms with Gasteiger partial charge in [-0.05, 0) is 41.7 Å². The molecular formula is C15H15N3O4. The van der Waals surface area contributed by atoms with Crippen molar-refractivity contribution in [3.63, 3.8) is 0 Å². The predicted molar refractivity (Wildman–Crippen MR) is 75.7 cm³/mol. The molecule has 0 unspecified atom stereocenters. The van der Waals surface area contributed by atoms with Crippen molar-refractivity contribution in [1.82, 2.24) is 15.2 Å². The Morgan fingerprint density at radius 2 is 1.91 bits per heavy atom. The van der Waals surface area contributed by atoms with Crippen molar-refractivity contribution in [2.24, 2.45) is 0 Å². The van der Waals surface area contributed by atoms with Crippen LogP contribution in [-0.4, -0.2) is 32.0 Å². The van der Waals surface area contributed by atoms with Crippen LogP contribution in [0.4, 0.5) is 0 Å². The molecule has 1 aliphatic rings. The first-order valence-corrected chi connectivity index (χ1v) is 7.07. The lowest BCUT2D eigenvalue weighted by Crippen LogP contribution is -2.12. The van der Waals surface area contributed by atoms with Crippen LogP contribution >= 0.6 is 0 Å². The lowest BCUT2D eigenvalue weighted by Gasteiger charge is -2.21. The van der Waals surface area contributed by atoms with Gasteiger partial charge in [-0.15, -0.1) is 5.10 Å². The minimum absolute atomic E-state index is 0.177. The number of carbonyl (C=O) groups excluding carboxylic acids is 1. The summed E-state index contributed by atoms with van der Waals surface area (Å²) >= 11 is 0. The Balaban J connectivity index is 1.66. The summed E-state index contributed by atoms with van der Waals surface area (Å²) in [6.07, 6.45) is 4.29. The van der Waals surface area contributed by atoms with E-state index < -0.39 is 5.97 Å². The van der Waals surface area contributed by atoms with E-state index in [1.807, 2.05) is 12.1 Å². The Morgan fingerprint density at radius 1 is 1.23 bits per heavy atom. The zero-order chi connectivity index (χ0) is 15.5. The van der Waals surface area contributed by atoms with Crippen LogP contribution in [0.3, 0.4) is 0 Å². The van der Waals surface area contributed by atoms with Gasteiger partial charge in [-0.25, -0.2) is 4.79 Å². The Bertz CT molecular complexity index is 683. The van der Waals surface area contributed by atoms with E-state index in [9.17, 15) is 9.59 Å². The number of aromatic nitrogens is 3. The van der Waals surface area contributed by atoms with E-state index in [0.29, 0.717) is 30.3 Å². The maximum absolute atomic E-state index is 11.3. The number of ketones is 1. The number of hydrogen-bond donors (Lipinski definition) is 1. The fraction of sp³-hybridized carbons (Fsp3) is 0.333. The van der Waals surface area contributed by atoms with E-state index in [-0.39, 0.29) is 5.69 Å². The van der Waals surface area contributed by atoms with E-state index in [1.54, 1.807) is 12.1 Å². The molecule has 1 N–H and O–H groups in total. The van der Waals surface area contributed by atoms with Crippen LogP contribution in [0.5, 0.6) is 5.75 Å². The molecule has 7 heteroatoms. The van der Waals surface area contributed by atoms with Crippen LogP contribution in [0.25, 0.3) is 0 Å². The maximum atomic E-state index is 11.3. The van der Waals surface area contributed by atoms with Crippen LogP contribution in [0.1, 0.15) is 47.7 Å². The molecule has 0 atom stereocenters. The van der Waals surface area contributed by atoms with Gasteiger partial charge in [0.2, 0.25) is 0 Å². The van der Waals surface area contributed by atoms with Gasteiger partial charge < -0.3 is 9.94 Å². The third-order valence-corrected chi connectivity index (χ3v) is 3.79. The van der Waals surface area contributed by atoms with Crippen LogP contribution < -0.4 is 4.84 Å². The maximum Gasteiger partial charge on any atom is 0.358 e. The second-order valence-corrected chi connectivity index (χ2v) is 5.28. The molecule has 3 rings (SSSR count). The average Bonchev–Trinajstić information content (AvgIpc) is 2.98. The zero-order valence-corrected chi connectivity index (χ0v) is 11.8. The smallest absolute Gasteiger partial charge is 0.358 e. The summed E-state index contributed by atoms with van der Waals surface area (Å²) in [5.41, 5.74) is 1.01. The number of rotatable bonds is 4. The molecule has 1 aliphatic carbocycles. The summed E-state index contributed by atoms with van der Waals surface area (Å²) in [6, 6.07) is 7.53. The van der Waals surface area contributed by atoms with Crippen molar-refractivity contribution in [1.29, 1.82) is 0 Å². The van der Waals surface area contributed by atoms with Crippen LogP contribution in [-0.2, 0) is 4.79 Å². The predicted octanol–water partition coefficient (Wildman–Crippen LogP) is 2.05. The minimum Gasteiger partial charge on any atom is -0.476 e. The topological polar surface area (TPSA) is 94.3 Å². The van der Waals surface area contributed by atoms with Gasteiger partial charge in [-0.1, -0.05) is 17.0 Å². The summed E-state index contributed by atoms with van der Waals surface area (Å²) in [5, 5.41) is 15.8. The first-order chi connectivity index (χ1) is 10.6. The second-order valence-electron chi connectivity index (χ2n) is 5.28. The van der Waals surface area contributed by atoms with Gasteiger partial charge in [0.1, 0.15) is 12.0 Å². The highest BCUT2D eigenvalue weighted by molar-refractivity contribution is 5.84. The SMILES string of the molecule is O=C1CCC(c2ccc(On3cc(C(=O)O)nn3)cc2)CC1. The van der Waals surface area contributed by atoms with E-state index in [4.69, 9.17) is 9.94 Å². The quantitative estimate of drug-likeness (QED) is 0.928. The molecule has 1 heterocycles. The van der Waals surface area contributed by atoms with E-state index >= 15 is 0 Å². The molecule has 1 saturated carbocycles. The fourth-order valence-corrected chi connectivity index (χ4v) is 2.57. The fourth-order valence-electron chi connectivity index (χ4n) is 2.57. The standard InChI is InChI=1S/C15H15N3O4/c19-12-5-1-10(2-6-12)11-3-7-13(8-4-11)22-18-9-14(15(20)21)16-17-18/h3-4,7-10H,1-2,5-6H2,(H,20,21). The number of carboxylic acids is 1. The minimum atomic E-state index is -1.16. The molecule has 2 aromatic rings. The molecule has 0 amide bonds. The molecule has 22 heavy (non-hydrogen) atoms. The Morgan fingerprint density at radius 3 is 2.50 bits per heavy atom. The second kappa shape index (κ2) is 5.97. The number of hydrogen-bond acceptors (Lipinski definition) is 5. The average molecular weight is 301 g/mol. The number of carboxylic acid groups (broad SMARTS) is 1. The third-order valence-electron chi connectivity index (χ3n) is 3.79. The summed E-state index contributed by atoms with van der Waals surface area (Å²) < 4.78 is 0. The molecule has 7 nitrogen and oxygen atoms in total. The summed E-state index contributed by atoms with van der Waals surface area (Å²) in [6.45, 7) is 0. The van der Waals surface area contributed by atoms with Crippen LogP contribution in [0, 0.1) is 0 Å². The summed E-state index contributed by atoms with van der Waals surface area (Å²) in [5.74, 6) is 0.142. The molecule has 0 spiro atoms. The lowest BCUT2D eigenvalue weighted by molar-refractivity contribution is -0.120. The van der Waals surface area contributed by atoms with Crippen molar-refractivity contribution >= 4 is 11.8 Å². The summed E-state index contributed by atoms with van der Waals surface area (Å²) in [4.78, 5) is 28.4. The largest absolute Gasteiger partial charge is 0.476 e. The first-order valence-electron chi connectivity index (χ1n) is 7.07. The molecular weight excluding hydrogens is 286 g/mol. The number of carbonyl (C=O) groups is 2. The van der Waals surface area contributed by atoms with E-state index in [0.717, 1.165) is 17.7 Å². The highest BCUT2D eigenvalue weighted by atomic mass is 16.7. The number of benzene rings is 1. The van der Waals surface area contributed by atoms with Crippen molar-refractivity contribution in [2.75, 3.05) is 0 Å². The van der Waals surface area contributed by atoms with Crippen LogP contribution in [0.2, 0.25) is 0 Å². The zero-order valence-electron chi connectivity index (χ0n) is 11.8. The van der Waals surface area contributed by atoms with Crippen LogP contribution in [0.15, 0.2) is 30.5 Å². The first kappa shape index (κ1) is 14.2. The molecule has 1 aromatic carbocycles. The van der Waals surface area contributed by atoms with Gasteiger partial charge in [0.15, 0.2) is 11.4 Å². The molecule has 0 bridgehead atoms. The van der Waals surface area contributed by atoms with Crippen molar-refractivity contribution < 1.29 is 19.5 Å². The number of nitrogens with zero attached hydrogens (tertiary/aromatic N) is 3. The Hall–Kier alpha value is -2.70. The third kappa shape index (κ3) is 3.13. The van der Waals surface area contributed by atoms with Gasteiger partial charge in [-0.2, -0.15) is 0 Å². The Kier molecular flexibility index (Phi) is 3.86. The van der Waals surface area contributed by atoms with Crippen molar-refractivity contribution in [2.45, 2.75) is 31.6 Å². The van der Waals surface area contributed by atoms with Crippen molar-refractivity contribution in [3.8, 4) is 5.75 Å². The van der Waals surface area contributed by atoms with Crippen molar-refractivity contribution in [3.05, 3.63) is 41.7 Å². The molecule has 1 fully saturated rings. The van der Waals surface area contributed by atoms with Gasteiger partial charge in [-0.3, -0.25) is 4.79 Å². The Labute approximate surface area is 126 Å². The molecule has 0 radical (unpaired) electrons. The summed E-state index contributed by atoms with van der Waals surface area (Å²) in [7, 11) is 0. The molecule has 0 saturated heterocycles. The highest BCUT2D eigenvalue weighted by Crippen LogP contribution is 2.31. The molecule has 1 aromatic heterocycles. The van der Waals surface area contributed by atoms with E-state index in [2.05, 4.69) is 10.3 Å². The van der Waals surface area contributed by atoms with Gasteiger partial charge in [0.05, 0.1) is 0 Å². The highest BCUT2D eigenvalue weighted by Gasteiger charge is 2.20. The van der Waals surface area contributed by atoms with Gasteiger partial charge in [0.25, 0.3) is 0 Å². The number of aromatic carboxylic acids is 1. The number of Topliss-reactive ketones (excluding diaryl/α,β-unsaturated/α-hetero) is 1. The molecule has 114 valence electrons. The molecule has 0 aliphatic heterocycles. The normalized spacial score (nSPS) is 15.7. The van der Waals surface area contributed by atoms with E-state index in [1.165, 1.54) is 11.8 Å².